The van der Waals surface area contributed by atoms with Crippen molar-refractivity contribution in [3.05, 3.63) is 35.0 Å². The van der Waals surface area contributed by atoms with E-state index in [1.54, 1.807) is 7.11 Å². The summed E-state index contributed by atoms with van der Waals surface area (Å²) in [6, 6.07) is 7.70. The molecule has 2 bridgehead atoms. The van der Waals surface area contributed by atoms with E-state index in [-0.39, 0.29) is 6.04 Å². The van der Waals surface area contributed by atoms with Crippen molar-refractivity contribution in [1.29, 1.82) is 0 Å². The zero-order valence-corrected chi connectivity index (χ0v) is 15.5. The Hall–Kier alpha value is -1.36. The van der Waals surface area contributed by atoms with Crippen LogP contribution in [0.1, 0.15) is 37.9 Å². The predicted octanol–water partition coefficient (Wildman–Crippen LogP) is 4.05. The second kappa shape index (κ2) is 6.75. The van der Waals surface area contributed by atoms with Crippen LogP contribution in [0.4, 0.5) is 0 Å². The third-order valence-corrected chi connectivity index (χ3v) is 6.35. The molecule has 0 radical (unpaired) electrons. The Bertz CT molecular complexity index is 782. The van der Waals surface area contributed by atoms with Crippen molar-refractivity contribution in [3.63, 3.8) is 0 Å². The van der Waals surface area contributed by atoms with Crippen LogP contribution in [0, 0.1) is 11.8 Å². The van der Waals surface area contributed by atoms with Gasteiger partial charge in [0.1, 0.15) is 10.9 Å². The fourth-order valence-corrected chi connectivity index (χ4v) is 4.96. The van der Waals surface area contributed by atoms with Crippen molar-refractivity contribution in [3.8, 4) is 5.75 Å². The smallest absolute Gasteiger partial charge is 0.130 e. The van der Waals surface area contributed by atoms with Crippen molar-refractivity contribution >= 4 is 22.5 Å². The van der Waals surface area contributed by atoms with Gasteiger partial charge in [0.15, 0.2) is 0 Å². The monoisotopic (exact) mass is 360 g/mol. The average molecular weight is 361 g/mol. The van der Waals surface area contributed by atoms with Gasteiger partial charge in [-0.3, -0.25) is 4.90 Å². The van der Waals surface area contributed by atoms with Crippen LogP contribution in [-0.4, -0.2) is 41.2 Å². The van der Waals surface area contributed by atoms with Gasteiger partial charge < -0.3 is 9.84 Å². The van der Waals surface area contributed by atoms with Gasteiger partial charge in [-0.05, 0) is 61.1 Å². The largest absolute Gasteiger partial charge is 0.497 e. The maximum Gasteiger partial charge on any atom is 0.130 e. The Balaban J connectivity index is 1.71. The van der Waals surface area contributed by atoms with Gasteiger partial charge >= 0.3 is 0 Å². The zero-order chi connectivity index (χ0) is 17.6. The van der Waals surface area contributed by atoms with Gasteiger partial charge in [-0.1, -0.05) is 24.9 Å². The molecule has 134 valence electrons. The van der Waals surface area contributed by atoms with Crippen molar-refractivity contribution < 1.29 is 9.84 Å². The first-order valence-electron chi connectivity index (χ1n) is 9.17. The first kappa shape index (κ1) is 17.1. The molecule has 3 aliphatic heterocycles. The van der Waals surface area contributed by atoms with Crippen molar-refractivity contribution in [1.82, 2.24) is 9.88 Å². The third kappa shape index (κ3) is 3.01. The number of methoxy groups -OCH3 is 1. The quantitative estimate of drug-likeness (QED) is 0.835. The Kier molecular flexibility index (Phi) is 4.61. The number of halogens is 1. The van der Waals surface area contributed by atoms with Crippen LogP contribution >= 0.6 is 11.6 Å². The number of aliphatic hydroxyl groups is 1. The minimum Gasteiger partial charge on any atom is -0.497 e. The molecule has 0 saturated carbocycles. The van der Waals surface area contributed by atoms with E-state index in [0.717, 1.165) is 53.6 Å². The van der Waals surface area contributed by atoms with E-state index in [1.165, 1.54) is 12.8 Å². The third-order valence-electron chi connectivity index (χ3n) is 6.16. The number of piperidine rings is 3. The fraction of sp³-hybridized carbons (Fsp3) is 0.550. The fourth-order valence-electron chi connectivity index (χ4n) is 4.75. The highest BCUT2D eigenvalue weighted by atomic mass is 35.5. The highest BCUT2D eigenvalue weighted by molar-refractivity contribution is 6.30. The lowest BCUT2D eigenvalue weighted by atomic mass is 9.72. The summed E-state index contributed by atoms with van der Waals surface area (Å²) in [5, 5.41) is 12.6. The normalized spacial score (nSPS) is 29.8. The van der Waals surface area contributed by atoms with Gasteiger partial charge in [0.05, 0.1) is 18.7 Å². The number of aromatic nitrogens is 1. The van der Waals surface area contributed by atoms with Crippen LogP contribution in [0.25, 0.3) is 10.9 Å². The molecule has 1 aromatic carbocycles. The van der Waals surface area contributed by atoms with E-state index in [1.807, 2.05) is 24.3 Å². The number of pyridine rings is 1. The summed E-state index contributed by atoms with van der Waals surface area (Å²) in [4.78, 5) is 6.87. The van der Waals surface area contributed by atoms with E-state index >= 15 is 0 Å². The minimum absolute atomic E-state index is 0.161. The van der Waals surface area contributed by atoms with Gasteiger partial charge in [-0.15, -0.1) is 0 Å². The molecular formula is C20H25ClN2O2. The summed E-state index contributed by atoms with van der Waals surface area (Å²) in [6.07, 6.45) is 2.99. The highest BCUT2D eigenvalue weighted by Crippen LogP contribution is 2.43. The van der Waals surface area contributed by atoms with Gasteiger partial charge in [0.2, 0.25) is 0 Å². The van der Waals surface area contributed by atoms with Crippen LogP contribution in [0.3, 0.4) is 0 Å². The molecule has 5 heteroatoms. The molecule has 3 fully saturated rings. The maximum absolute atomic E-state index is 11.2. The number of aliphatic hydroxyl groups excluding tert-OH is 1. The Morgan fingerprint density at radius 3 is 2.92 bits per heavy atom. The van der Waals surface area contributed by atoms with Gasteiger partial charge in [0, 0.05) is 18.0 Å². The Morgan fingerprint density at radius 1 is 1.40 bits per heavy atom. The van der Waals surface area contributed by atoms with Crippen LogP contribution in [0.15, 0.2) is 24.3 Å². The lowest BCUT2D eigenvalue weighted by Crippen LogP contribution is -2.55. The number of hydrogen-bond donors (Lipinski definition) is 1. The van der Waals surface area contributed by atoms with Crippen molar-refractivity contribution in [2.24, 2.45) is 11.8 Å². The highest BCUT2D eigenvalue weighted by Gasteiger charge is 2.42. The molecular weight excluding hydrogens is 336 g/mol. The van der Waals surface area contributed by atoms with Gasteiger partial charge in [-0.25, -0.2) is 4.98 Å². The first-order valence-corrected chi connectivity index (χ1v) is 9.54. The summed E-state index contributed by atoms with van der Waals surface area (Å²) < 4.78 is 5.36. The molecule has 3 saturated heterocycles. The molecule has 25 heavy (non-hydrogen) atoms. The Labute approximate surface area is 153 Å². The van der Waals surface area contributed by atoms with E-state index in [2.05, 4.69) is 16.8 Å². The van der Waals surface area contributed by atoms with Gasteiger partial charge in [-0.2, -0.15) is 0 Å². The lowest BCUT2D eigenvalue weighted by molar-refractivity contribution is -0.0562. The van der Waals surface area contributed by atoms with E-state index < -0.39 is 6.10 Å². The molecule has 0 amide bonds. The minimum atomic E-state index is -0.560. The first-order chi connectivity index (χ1) is 12.1. The molecule has 2 unspecified atom stereocenters. The molecule has 2 aromatic rings. The predicted molar refractivity (Wildman–Crippen MR) is 100 cm³/mol. The number of rotatable bonds is 4. The molecule has 1 N–H and O–H groups in total. The average Bonchev–Trinajstić information content (AvgIpc) is 2.66. The second-order valence-corrected chi connectivity index (χ2v) is 7.76. The van der Waals surface area contributed by atoms with Crippen molar-refractivity contribution in [2.75, 3.05) is 20.2 Å². The summed E-state index contributed by atoms with van der Waals surface area (Å²) in [5.41, 5.74) is 1.66. The summed E-state index contributed by atoms with van der Waals surface area (Å²) in [6.45, 7) is 4.46. The van der Waals surface area contributed by atoms with E-state index in [9.17, 15) is 5.11 Å². The van der Waals surface area contributed by atoms with Crippen LogP contribution < -0.4 is 4.74 Å². The van der Waals surface area contributed by atoms with E-state index in [0.29, 0.717) is 5.15 Å². The summed E-state index contributed by atoms with van der Waals surface area (Å²) in [7, 11) is 1.65. The molecule has 3 aliphatic rings. The number of hydrogen-bond acceptors (Lipinski definition) is 4. The standard InChI is InChI=1S/C20H25ClN2O2/c1-3-12-11-23-7-6-13(12)8-18(23)20(24)16-10-19(21)22-17-5-4-14(25-2)9-15(16)17/h4-5,9-10,12-13,18,20,24H,3,6-8,11H2,1-2H3/t12-,13-,18+,20?/m0/s1. The maximum atomic E-state index is 11.2. The van der Waals surface area contributed by atoms with Crippen LogP contribution in [-0.2, 0) is 0 Å². The van der Waals surface area contributed by atoms with Crippen LogP contribution in [0.2, 0.25) is 5.15 Å². The lowest BCUT2D eigenvalue weighted by Gasteiger charge is -2.51. The molecule has 4 heterocycles. The topological polar surface area (TPSA) is 45.6 Å². The zero-order valence-electron chi connectivity index (χ0n) is 14.8. The van der Waals surface area contributed by atoms with Crippen LogP contribution in [0.5, 0.6) is 5.75 Å². The number of nitrogens with zero attached hydrogens (tertiary/aromatic N) is 2. The second-order valence-electron chi connectivity index (χ2n) is 7.38. The summed E-state index contributed by atoms with van der Waals surface area (Å²) in [5.74, 6) is 2.27. The SMILES string of the molecule is CC[C@H]1CN2CC[C@H]1C[C@@H]2C(O)c1cc(Cl)nc2ccc(OC)cc12. The molecule has 1 aromatic heterocycles. The molecule has 0 aliphatic carbocycles. The van der Waals surface area contributed by atoms with Gasteiger partial charge in [0.25, 0.3) is 0 Å². The number of ether oxygens (including phenoxy) is 1. The number of benzene rings is 1. The molecule has 0 spiro atoms. The molecule has 5 atom stereocenters. The Morgan fingerprint density at radius 2 is 2.24 bits per heavy atom. The summed E-state index contributed by atoms with van der Waals surface area (Å²) >= 11 is 6.24. The van der Waals surface area contributed by atoms with E-state index in [4.69, 9.17) is 16.3 Å². The molecule has 4 nitrogen and oxygen atoms in total. The molecule has 5 rings (SSSR count). The van der Waals surface area contributed by atoms with Crippen molar-refractivity contribution in [2.45, 2.75) is 38.3 Å². The number of fused-ring (bicyclic) bond motifs is 4.